The first-order valence-electron chi connectivity index (χ1n) is 8.44. The van der Waals surface area contributed by atoms with E-state index < -0.39 is 11.9 Å². The van der Waals surface area contributed by atoms with Crippen LogP contribution in [0.5, 0.6) is 0 Å². The number of amides is 1. The zero-order valence-corrected chi connectivity index (χ0v) is 14.9. The van der Waals surface area contributed by atoms with E-state index in [9.17, 15) is 9.59 Å². The van der Waals surface area contributed by atoms with E-state index in [-0.39, 0.29) is 0 Å². The van der Waals surface area contributed by atoms with E-state index in [1.165, 1.54) is 6.92 Å². The summed E-state index contributed by atoms with van der Waals surface area (Å²) in [5.74, 6) is -0.996. The van der Waals surface area contributed by atoms with Crippen molar-refractivity contribution in [1.29, 1.82) is 0 Å². The van der Waals surface area contributed by atoms with Crippen molar-refractivity contribution in [2.24, 2.45) is 0 Å². The van der Waals surface area contributed by atoms with Gasteiger partial charge in [0.1, 0.15) is 0 Å². The monoisotopic (exact) mass is 340 g/mol. The zero-order chi connectivity index (χ0) is 18.2. The van der Waals surface area contributed by atoms with Crippen molar-refractivity contribution >= 4 is 11.9 Å². The first-order valence-corrected chi connectivity index (χ1v) is 8.44. The molecule has 0 aliphatic heterocycles. The molecule has 0 bridgehead atoms. The Morgan fingerprint density at radius 2 is 1.68 bits per heavy atom. The standard InChI is InChI=1S/C20H24N2O3/c1-4-22(5-2)14-17-12-9-13-18(20(24)25-21-15(3)23)19(17)16-10-7-6-8-11-16/h6-13H,4-5,14H2,1-3H3,(H,21,23). The van der Waals surface area contributed by atoms with Crippen molar-refractivity contribution in [3.8, 4) is 11.1 Å². The summed E-state index contributed by atoms with van der Waals surface area (Å²) in [5, 5.41) is 0. The van der Waals surface area contributed by atoms with Gasteiger partial charge in [-0.3, -0.25) is 9.69 Å². The second-order valence-electron chi connectivity index (χ2n) is 5.71. The third-order valence-corrected chi connectivity index (χ3v) is 4.01. The van der Waals surface area contributed by atoms with Crippen LogP contribution in [-0.4, -0.2) is 29.9 Å². The summed E-state index contributed by atoms with van der Waals surface area (Å²) < 4.78 is 0. The Morgan fingerprint density at radius 3 is 2.28 bits per heavy atom. The number of hydrogen-bond acceptors (Lipinski definition) is 4. The smallest absolute Gasteiger partial charge is 0.335 e. The minimum absolute atomic E-state index is 0.422. The summed E-state index contributed by atoms with van der Waals surface area (Å²) >= 11 is 0. The molecule has 0 heterocycles. The Labute approximate surface area is 148 Å². The lowest BCUT2D eigenvalue weighted by molar-refractivity contribution is -0.127. The van der Waals surface area contributed by atoms with Gasteiger partial charge >= 0.3 is 5.97 Å². The van der Waals surface area contributed by atoms with E-state index in [0.29, 0.717) is 5.56 Å². The highest BCUT2D eigenvalue weighted by Gasteiger charge is 2.19. The molecule has 0 aromatic heterocycles. The Balaban J connectivity index is 2.48. The van der Waals surface area contributed by atoms with Crippen LogP contribution in [0.2, 0.25) is 0 Å². The fourth-order valence-corrected chi connectivity index (χ4v) is 2.71. The summed E-state index contributed by atoms with van der Waals surface area (Å²) in [6.45, 7) is 8.10. The van der Waals surface area contributed by atoms with Gasteiger partial charge in [-0.2, -0.15) is 5.48 Å². The molecule has 0 fully saturated rings. The number of benzene rings is 2. The number of hydrogen-bond donors (Lipinski definition) is 1. The lowest BCUT2D eigenvalue weighted by atomic mass is 9.94. The van der Waals surface area contributed by atoms with Gasteiger partial charge in [-0.1, -0.05) is 56.3 Å². The summed E-state index contributed by atoms with van der Waals surface area (Å²) in [5.41, 5.74) is 5.37. The van der Waals surface area contributed by atoms with Gasteiger partial charge in [0.15, 0.2) is 0 Å². The molecule has 0 spiro atoms. The topological polar surface area (TPSA) is 58.6 Å². The zero-order valence-electron chi connectivity index (χ0n) is 14.9. The molecular formula is C20H24N2O3. The number of carbonyl (C=O) groups is 2. The van der Waals surface area contributed by atoms with Crippen LogP contribution >= 0.6 is 0 Å². The Morgan fingerprint density at radius 1 is 1.00 bits per heavy atom. The summed E-state index contributed by atoms with van der Waals surface area (Å²) in [7, 11) is 0. The molecule has 25 heavy (non-hydrogen) atoms. The first kappa shape index (κ1) is 18.7. The summed E-state index contributed by atoms with van der Waals surface area (Å²) in [6, 6.07) is 15.3. The number of carbonyl (C=O) groups excluding carboxylic acids is 2. The number of rotatable bonds is 6. The van der Waals surface area contributed by atoms with Crippen molar-refractivity contribution in [3.63, 3.8) is 0 Å². The lowest BCUT2D eigenvalue weighted by Gasteiger charge is -2.21. The minimum Gasteiger partial charge on any atom is -0.335 e. The molecule has 5 nitrogen and oxygen atoms in total. The van der Waals surface area contributed by atoms with E-state index in [1.54, 1.807) is 6.07 Å². The molecule has 2 aromatic rings. The van der Waals surface area contributed by atoms with Gasteiger partial charge in [0.2, 0.25) is 5.91 Å². The largest absolute Gasteiger partial charge is 0.363 e. The molecule has 2 aromatic carbocycles. The van der Waals surface area contributed by atoms with Gasteiger partial charge in [0.25, 0.3) is 0 Å². The van der Waals surface area contributed by atoms with Crippen molar-refractivity contribution in [2.45, 2.75) is 27.3 Å². The maximum absolute atomic E-state index is 12.5. The van der Waals surface area contributed by atoms with Crippen molar-refractivity contribution in [3.05, 3.63) is 59.7 Å². The molecule has 0 aliphatic carbocycles. The van der Waals surface area contributed by atoms with Crippen LogP contribution in [-0.2, 0) is 16.2 Å². The Bertz CT molecular complexity index is 725. The SMILES string of the molecule is CCN(CC)Cc1cccc(C(=O)ONC(C)=O)c1-c1ccccc1. The molecule has 0 saturated heterocycles. The maximum Gasteiger partial charge on any atom is 0.363 e. The average molecular weight is 340 g/mol. The third-order valence-electron chi connectivity index (χ3n) is 4.01. The lowest BCUT2D eigenvalue weighted by Crippen LogP contribution is -2.26. The van der Waals surface area contributed by atoms with Gasteiger partial charge in [-0.25, -0.2) is 4.79 Å². The Kier molecular flexibility index (Phi) is 6.71. The molecule has 0 radical (unpaired) electrons. The summed E-state index contributed by atoms with van der Waals surface area (Å²) in [6.07, 6.45) is 0. The van der Waals surface area contributed by atoms with E-state index in [0.717, 1.165) is 36.3 Å². The highest BCUT2D eigenvalue weighted by molar-refractivity contribution is 5.98. The van der Waals surface area contributed by atoms with Crippen LogP contribution < -0.4 is 5.48 Å². The Hall–Kier alpha value is -2.66. The number of nitrogens with zero attached hydrogens (tertiary/aromatic N) is 1. The molecule has 0 aliphatic rings. The summed E-state index contributed by atoms with van der Waals surface area (Å²) in [4.78, 5) is 30.7. The number of nitrogens with one attached hydrogen (secondary N) is 1. The van der Waals surface area contributed by atoms with Crippen LogP contribution in [0.15, 0.2) is 48.5 Å². The van der Waals surface area contributed by atoms with E-state index in [1.807, 2.05) is 42.5 Å². The van der Waals surface area contributed by atoms with Crippen LogP contribution in [0.4, 0.5) is 0 Å². The van der Waals surface area contributed by atoms with Gasteiger partial charge in [0, 0.05) is 19.0 Å². The first-order chi connectivity index (χ1) is 12.1. The van der Waals surface area contributed by atoms with Gasteiger partial charge in [0.05, 0.1) is 5.56 Å². The molecule has 5 heteroatoms. The predicted molar refractivity (Wildman–Crippen MR) is 97.7 cm³/mol. The van der Waals surface area contributed by atoms with Crippen LogP contribution in [0.25, 0.3) is 11.1 Å². The highest BCUT2D eigenvalue weighted by atomic mass is 16.7. The normalized spacial score (nSPS) is 10.6. The van der Waals surface area contributed by atoms with Crippen molar-refractivity contribution in [1.82, 2.24) is 10.4 Å². The molecule has 0 atom stereocenters. The highest BCUT2D eigenvalue weighted by Crippen LogP contribution is 2.29. The molecule has 1 N–H and O–H groups in total. The van der Waals surface area contributed by atoms with Crippen LogP contribution in [0.3, 0.4) is 0 Å². The van der Waals surface area contributed by atoms with Gasteiger partial charge in [-0.15, -0.1) is 0 Å². The number of hydroxylamine groups is 1. The van der Waals surface area contributed by atoms with E-state index in [4.69, 9.17) is 4.84 Å². The van der Waals surface area contributed by atoms with E-state index >= 15 is 0 Å². The fraction of sp³-hybridized carbons (Fsp3) is 0.300. The second-order valence-corrected chi connectivity index (χ2v) is 5.71. The van der Waals surface area contributed by atoms with Gasteiger partial charge in [-0.05, 0) is 30.3 Å². The van der Waals surface area contributed by atoms with E-state index in [2.05, 4.69) is 24.2 Å². The fourth-order valence-electron chi connectivity index (χ4n) is 2.71. The molecule has 0 unspecified atom stereocenters. The van der Waals surface area contributed by atoms with Crippen molar-refractivity contribution in [2.75, 3.05) is 13.1 Å². The van der Waals surface area contributed by atoms with Crippen LogP contribution in [0.1, 0.15) is 36.7 Å². The molecule has 2 rings (SSSR count). The molecule has 132 valence electrons. The quantitative estimate of drug-likeness (QED) is 0.819. The van der Waals surface area contributed by atoms with Crippen LogP contribution in [0, 0.1) is 0 Å². The second kappa shape index (κ2) is 8.99. The van der Waals surface area contributed by atoms with Gasteiger partial charge < -0.3 is 4.84 Å². The van der Waals surface area contributed by atoms with Crippen molar-refractivity contribution < 1.29 is 14.4 Å². The molecule has 0 saturated carbocycles. The average Bonchev–Trinajstić information content (AvgIpc) is 2.64. The predicted octanol–water partition coefficient (Wildman–Crippen LogP) is 3.40. The maximum atomic E-state index is 12.5. The molecule has 1 amide bonds. The third kappa shape index (κ3) is 4.90. The molecular weight excluding hydrogens is 316 g/mol. The minimum atomic E-state index is -0.574.